The average molecular weight is 336 g/mol. The van der Waals surface area contributed by atoms with E-state index in [1.54, 1.807) is 0 Å². The van der Waals surface area contributed by atoms with Crippen molar-refractivity contribution in [2.75, 3.05) is 33.0 Å². The van der Waals surface area contributed by atoms with Gasteiger partial charge in [-0.3, -0.25) is 13.6 Å². The molecule has 0 bridgehead atoms. The first kappa shape index (κ1) is 20.5. The highest BCUT2D eigenvalue weighted by Gasteiger charge is 2.26. The zero-order valence-electron chi connectivity index (χ0n) is 12.5. The molecule has 0 aliphatic carbocycles. The van der Waals surface area contributed by atoms with E-state index in [0.717, 1.165) is 12.2 Å². The minimum absolute atomic E-state index is 0.126. The van der Waals surface area contributed by atoms with Crippen LogP contribution >= 0.6 is 7.82 Å². The summed E-state index contributed by atoms with van der Waals surface area (Å²) in [4.78, 5) is 21.7. The van der Waals surface area contributed by atoms with Crippen molar-refractivity contribution in [2.24, 2.45) is 0 Å². The van der Waals surface area contributed by atoms with Gasteiger partial charge >= 0.3 is 19.8 Å². The number of esters is 2. The van der Waals surface area contributed by atoms with E-state index < -0.39 is 19.8 Å². The minimum atomic E-state index is -3.81. The number of rotatable bonds is 13. The average Bonchev–Trinajstić information content (AvgIpc) is 2.53. The third-order valence-electron chi connectivity index (χ3n) is 1.94. The van der Waals surface area contributed by atoms with Crippen molar-refractivity contribution in [3.63, 3.8) is 0 Å². The minimum Gasteiger partial charge on any atom is -0.460 e. The molecule has 0 radical (unpaired) electrons. The first-order chi connectivity index (χ1) is 10.5. The molecule has 8 nitrogen and oxygen atoms in total. The third kappa shape index (κ3) is 10.3. The predicted octanol–water partition coefficient (Wildman–Crippen LogP) is 2.01. The number of phosphoric acid groups is 1. The van der Waals surface area contributed by atoms with Crippen LogP contribution in [0.4, 0.5) is 0 Å². The normalized spacial score (nSPS) is 10.8. The van der Waals surface area contributed by atoms with Crippen LogP contribution in [-0.4, -0.2) is 45.0 Å². The fraction of sp³-hybridized carbons (Fsp3) is 0.538. The lowest BCUT2D eigenvalue weighted by molar-refractivity contribution is -0.139. The number of hydrogen-bond donors (Lipinski definition) is 0. The SMILES string of the molecule is C=CC(=O)OCCOP(=O)(OCCC)OCCOC(=O)C=C. The summed E-state index contributed by atoms with van der Waals surface area (Å²) >= 11 is 0. The number of ether oxygens (including phenoxy) is 2. The van der Waals surface area contributed by atoms with Gasteiger partial charge in [0.15, 0.2) is 0 Å². The molecule has 0 aromatic rings. The van der Waals surface area contributed by atoms with Crippen molar-refractivity contribution in [3.05, 3.63) is 25.3 Å². The van der Waals surface area contributed by atoms with Crippen LogP contribution in [0.2, 0.25) is 0 Å². The van der Waals surface area contributed by atoms with Crippen LogP contribution in [0, 0.1) is 0 Å². The van der Waals surface area contributed by atoms with Gasteiger partial charge in [0.1, 0.15) is 13.2 Å². The molecule has 0 amide bonds. The molecule has 9 heteroatoms. The van der Waals surface area contributed by atoms with E-state index in [2.05, 4.69) is 22.6 Å². The molecule has 0 atom stereocenters. The summed E-state index contributed by atoms with van der Waals surface area (Å²) in [6, 6.07) is 0. The van der Waals surface area contributed by atoms with Crippen molar-refractivity contribution in [1.29, 1.82) is 0 Å². The standard InChI is InChI=1S/C13H21O8P/c1-4-7-19-22(16,20-10-8-17-12(14)5-2)21-11-9-18-13(15)6-3/h5-6H,2-4,7-11H2,1H3. The Labute approximate surface area is 129 Å². The number of phosphoric ester groups is 1. The molecule has 0 aromatic heterocycles. The van der Waals surface area contributed by atoms with Gasteiger partial charge in [-0.1, -0.05) is 20.1 Å². The number of carbonyl (C=O) groups is 2. The van der Waals surface area contributed by atoms with E-state index in [0.29, 0.717) is 6.42 Å². The second-order valence-corrected chi connectivity index (χ2v) is 5.36. The molecule has 0 spiro atoms. The summed E-state index contributed by atoms with van der Waals surface area (Å²) in [5, 5.41) is 0. The summed E-state index contributed by atoms with van der Waals surface area (Å²) in [5.41, 5.74) is 0. The molecule has 0 saturated carbocycles. The Morgan fingerprint density at radius 3 is 1.64 bits per heavy atom. The number of carbonyl (C=O) groups excluding carboxylic acids is 2. The second kappa shape index (κ2) is 12.1. The van der Waals surface area contributed by atoms with E-state index in [-0.39, 0.29) is 33.0 Å². The Morgan fingerprint density at radius 2 is 1.27 bits per heavy atom. The second-order valence-electron chi connectivity index (χ2n) is 3.69. The Kier molecular flexibility index (Phi) is 11.3. The van der Waals surface area contributed by atoms with Crippen LogP contribution in [0.25, 0.3) is 0 Å². The summed E-state index contributed by atoms with van der Waals surface area (Å²) in [7, 11) is -3.81. The van der Waals surface area contributed by atoms with Crippen molar-refractivity contribution in [1.82, 2.24) is 0 Å². The van der Waals surface area contributed by atoms with Crippen LogP contribution < -0.4 is 0 Å². The lowest BCUT2D eigenvalue weighted by Crippen LogP contribution is -2.12. The molecular formula is C13H21O8P. The molecule has 0 aliphatic rings. The van der Waals surface area contributed by atoms with Gasteiger partial charge in [-0.2, -0.15) is 0 Å². The van der Waals surface area contributed by atoms with E-state index in [4.69, 9.17) is 13.6 Å². The number of hydrogen-bond acceptors (Lipinski definition) is 8. The van der Waals surface area contributed by atoms with Gasteiger partial charge in [0.05, 0.1) is 19.8 Å². The Hall–Kier alpha value is -1.47. The monoisotopic (exact) mass is 336 g/mol. The van der Waals surface area contributed by atoms with Crippen molar-refractivity contribution >= 4 is 19.8 Å². The summed E-state index contributed by atoms with van der Waals surface area (Å²) in [6.45, 7) is 7.85. The van der Waals surface area contributed by atoms with Crippen LogP contribution in [0.5, 0.6) is 0 Å². The van der Waals surface area contributed by atoms with Gasteiger partial charge in [-0.05, 0) is 6.42 Å². The maximum Gasteiger partial charge on any atom is 0.475 e. The molecule has 126 valence electrons. The van der Waals surface area contributed by atoms with Crippen molar-refractivity contribution in [2.45, 2.75) is 13.3 Å². The Morgan fingerprint density at radius 1 is 0.864 bits per heavy atom. The van der Waals surface area contributed by atoms with E-state index in [9.17, 15) is 14.2 Å². The molecule has 0 rings (SSSR count). The quantitative estimate of drug-likeness (QED) is 0.218. The molecule has 22 heavy (non-hydrogen) atoms. The van der Waals surface area contributed by atoms with Crippen LogP contribution in [0.1, 0.15) is 13.3 Å². The van der Waals surface area contributed by atoms with Gasteiger partial charge in [-0.15, -0.1) is 0 Å². The van der Waals surface area contributed by atoms with Gasteiger partial charge in [0.2, 0.25) is 0 Å². The fourth-order valence-corrected chi connectivity index (χ4v) is 2.24. The lowest BCUT2D eigenvalue weighted by Gasteiger charge is -2.17. The smallest absolute Gasteiger partial charge is 0.460 e. The van der Waals surface area contributed by atoms with Crippen LogP contribution in [0.15, 0.2) is 25.3 Å². The topological polar surface area (TPSA) is 97.4 Å². The molecular weight excluding hydrogens is 315 g/mol. The fourth-order valence-electron chi connectivity index (χ4n) is 1.02. The third-order valence-corrected chi connectivity index (χ3v) is 3.44. The molecule has 0 N–H and O–H groups in total. The predicted molar refractivity (Wildman–Crippen MR) is 78.1 cm³/mol. The largest absolute Gasteiger partial charge is 0.475 e. The van der Waals surface area contributed by atoms with E-state index in [1.165, 1.54) is 0 Å². The van der Waals surface area contributed by atoms with Crippen LogP contribution in [0.3, 0.4) is 0 Å². The Bertz CT molecular complexity index is 388. The Balaban J connectivity index is 4.18. The molecule has 0 saturated heterocycles. The van der Waals surface area contributed by atoms with Crippen molar-refractivity contribution < 1.29 is 37.2 Å². The summed E-state index contributed by atoms with van der Waals surface area (Å²) in [5.74, 6) is -1.24. The highest BCUT2D eigenvalue weighted by Crippen LogP contribution is 2.49. The maximum atomic E-state index is 12.2. The molecule has 0 unspecified atom stereocenters. The molecule has 0 aliphatic heterocycles. The van der Waals surface area contributed by atoms with Gasteiger partial charge in [0, 0.05) is 12.2 Å². The van der Waals surface area contributed by atoms with Crippen molar-refractivity contribution in [3.8, 4) is 0 Å². The van der Waals surface area contributed by atoms with Gasteiger partial charge in [-0.25, -0.2) is 14.2 Å². The first-order valence-corrected chi connectivity index (χ1v) is 8.05. The van der Waals surface area contributed by atoms with E-state index >= 15 is 0 Å². The van der Waals surface area contributed by atoms with Crippen LogP contribution in [-0.2, 0) is 37.2 Å². The molecule has 0 heterocycles. The molecule has 0 fully saturated rings. The van der Waals surface area contributed by atoms with E-state index in [1.807, 2.05) is 6.92 Å². The first-order valence-electron chi connectivity index (χ1n) is 6.59. The summed E-state index contributed by atoms with van der Waals surface area (Å²) < 4.78 is 36.6. The zero-order valence-corrected chi connectivity index (χ0v) is 13.4. The maximum absolute atomic E-state index is 12.2. The highest BCUT2D eigenvalue weighted by molar-refractivity contribution is 7.48. The lowest BCUT2D eigenvalue weighted by atomic mass is 10.5. The molecule has 0 aromatic carbocycles. The van der Waals surface area contributed by atoms with Gasteiger partial charge < -0.3 is 9.47 Å². The van der Waals surface area contributed by atoms with Gasteiger partial charge in [0.25, 0.3) is 0 Å². The highest BCUT2D eigenvalue weighted by atomic mass is 31.2. The zero-order chi connectivity index (χ0) is 16.8. The summed E-state index contributed by atoms with van der Waals surface area (Å²) in [6.07, 6.45) is 2.60.